The van der Waals surface area contributed by atoms with Gasteiger partial charge in [-0.1, -0.05) is 82.3 Å². The van der Waals surface area contributed by atoms with Gasteiger partial charge in [-0.3, -0.25) is 0 Å². The molecule has 1 fully saturated rings. The van der Waals surface area contributed by atoms with E-state index in [1.54, 1.807) is 35.5 Å². The lowest BCUT2D eigenvalue weighted by atomic mass is 9.53. The van der Waals surface area contributed by atoms with Gasteiger partial charge in [0.25, 0.3) is 0 Å². The second-order valence-electron chi connectivity index (χ2n) is 16.8. The number of hydrogen-bond acceptors (Lipinski definition) is 6. The van der Waals surface area contributed by atoms with Crippen LogP contribution < -0.4 is 28.4 Å². The fraction of sp³-hybridized carbons (Fsp3) is 0.294. The molecule has 0 atom stereocenters. The van der Waals surface area contributed by atoms with Crippen LogP contribution in [0.15, 0.2) is 109 Å². The maximum atomic E-state index is 7.81. The summed E-state index contributed by atoms with van der Waals surface area (Å²) in [5, 5.41) is 2.09. The van der Waals surface area contributed by atoms with Gasteiger partial charge in [-0.15, -0.1) is 0 Å². The van der Waals surface area contributed by atoms with Crippen LogP contribution in [0.3, 0.4) is 0 Å². The molecule has 0 saturated heterocycles. The van der Waals surface area contributed by atoms with Crippen molar-refractivity contribution in [2.45, 2.75) is 51.6 Å². The second kappa shape index (κ2) is 13.1. The van der Waals surface area contributed by atoms with E-state index in [4.69, 9.17) is 28.4 Å². The average molecular weight is 759 g/mol. The highest BCUT2D eigenvalue weighted by molar-refractivity contribution is 6.11. The van der Waals surface area contributed by atoms with Crippen LogP contribution in [0.5, 0.6) is 34.5 Å². The van der Waals surface area contributed by atoms with Crippen molar-refractivity contribution in [3.63, 3.8) is 0 Å². The summed E-state index contributed by atoms with van der Waals surface area (Å²) < 4.78 is 36.9. The van der Waals surface area contributed by atoms with Gasteiger partial charge in [0.05, 0.1) is 35.5 Å². The van der Waals surface area contributed by atoms with E-state index in [1.165, 1.54) is 22.3 Å². The summed E-state index contributed by atoms with van der Waals surface area (Å²) in [6.45, 7) is 9.87. The predicted molar refractivity (Wildman–Crippen MR) is 228 cm³/mol. The van der Waals surface area contributed by atoms with Crippen molar-refractivity contribution >= 4 is 16.8 Å². The van der Waals surface area contributed by atoms with E-state index in [0.717, 1.165) is 74.4 Å². The zero-order valence-electron chi connectivity index (χ0n) is 34.3. The topological polar surface area (TPSA) is 55.4 Å². The zero-order chi connectivity index (χ0) is 39.9. The maximum Gasteiger partial charge on any atom is 0.178 e. The Morgan fingerprint density at radius 2 is 1.09 bits per heavy atom. The van der Waals surface area contributed by atoms with Crippen molar-refractivity contribution in [3.8, 4) is 56.8 Å². The fourth-order valence-corrected chi connectivity index (χ4v) is 10.9. The third-order valence-electron chi connectivity index (χ3n) is 13.5. The molecule has 9 rings (SSSR count). The van der Waals surface area contributed by atoms with Gasteiger partial charge in [-0.05, 0) is 106 Å². The Bertz CT molecular complexity index is 2510. The molecule has 1 heterocycles. The highest BCUT2D eigenvalue weighted by Crippen LogP contribution is 2.74. The van der Waals surface area contributed by atoms with Gasteiger partial charge in [-0.2, -0.15) is 0 Å². The molecule has 0 radical (unpaired) electrons. The van der Waals surface area contributed by atoms with Gasteiger partial charge >= 0.3 is 0 Å². The number of methoxy groups -OCH3 is 5. The minimum absolute atomic E-state index is 0.0614. The molecule has 1 saturated carbocycles. The summed E-state index contributed by atoms with van der Waals surface area (Å²) in [7, 11) is 8.48. The van der Waals surface area contributed by atoms with E-state index >= 15 is 0 Å². The minimum atomic E-state index is -0.982. The molecule has 3 aliphatic rings. The van der Waals surface area contributed by atoms with Crippen molar-refractivity contribution in [1.29, 1.82) is 0 Å². The number of benzene rings is 6. The number of ether oxygens (including phenoxy) is 6. The molecule has 0 unspecified atom stereocenters. The van der Waals surface area contributed by atoms with Gasteiger partial charge < -0.3 is 28.4 Å². The number of fused-ring (bicyclic) bond motifs is 10. The van der Waals surface area contributed by atoms with Crippen LogP contribution in [0.25, 0.3) is 39.1 Å². The van der Waals surface area contributed by atoms with Crippen LogP contribution in [0.4, 0.5) is 0 Å². The molecule has 0 N–H and O–H groups in total. The Labute approximate surface area is 336 Å². The molecular weight excluding hydrogens is 709 g/mol. The summed E-state index contributed by atoms with van der Waals surface area (Å²) in [6.07, 6.45) is 6.81. The second-order valence-corrected chi connectivity index (χ2v) is 16.8. The van der Waals surface area contributed by atoms with Crippen LogP contribution in [-0.2, 0) is 11.0 Å². The third-order valence-corrected chi connectivity index (χ3v) is 13.5. The molecule has 6 heteroatoms. The van der Waals surface area contributed by atoms with E-state index in [0.29, 0.717) is 11.5 Å². The monoisotopic (exact) mass is 758 g/mol. The Hall–Kier alpha value is -5.88. The molecule has 6 nitrogen and oxygen atoms in total. The van der Waals surface area contributed by atoms with Crippen LogP contribution in [0.1, 0.15) is 68.4 Å². The number of rotatable bonds is 8. The standard InChI is InChI=1S/C51H50O6/c1-48(2)26-27-49(3,4)51(48)42-13-11-10-12-37(42)45-40-30-44(56-9)39(36-23-22-35(54-7)28-43(36)55-8)29-41(40)47-38(46(45)51)24-25-50(57-47,31-14-18-33(52-5)19-15-31)32-16-20-34(53-6)21-17-32/h10-25,28-30H,26-27H2,1-9H3. The maximum absolute atomic E-state index is 7.81. The summed E-state index contributed by atoms with van der Waals surface area (Å²) in [4.78, 5) is 0. The SMILES string of the molecule is COc1ccc(C2(c3ccc(OC)cc3)C=Cc3c4c(c5cc(OC)c(-c6ccc(OC)cc6OC)cc5c3O2)-c2ccccc2C42C(C)(C)CCC2(C)C)cc1. The van der Waals surface area contributed by atoms with Crippen LogP contribution in [0, 0.1) is 10.8 Å². The summed E-state index contributed by atoms with van der Waals surface area (Å²) in [5.41, 5.74) is 8.71. The van der Waals surface area contributed by atoms with E-state index in [-0.39, 0.29) is 16.2 Å². The van der Waals surface area contributed by atoms with Crippen molar-refractivity contribution in [3.05, 3.63) is 137 Å². The Morgan fingerprint density at radius 3 is 1.67 bits per heavy atom. The first-order valence-corrected chi connectivity index (χ1v) is 19.7. The molecule has 0 amide bonds. The summed E-state index contributed by atoms with van der Waals surface area (Å²) >= 11 is 0. The van der Waals surface area contributed by atoms with Crippen LogP contribution in [0.2, 0.25) is 0 Å². The molecule has 2 aliphatic carbocycles. The summed E-state index contributed by atoms with van der Waals surface area (Å²) in [5.74, 6) is 4.54. The average Bonchev–Trinajstić information content (AvgIpc) is 3.68. The highest BCUT2D eigenvalue weighted by Gasteiger charge is 2.66. The summed E-state index contributed by atoms with van der Waals surface area (Å²) in [6, 6.07) is 35.9. The Kier molecular flexibility index (Phi) is 8.44. The molecule has 6 aromatic carbocycles. The quantitative estimate of drug-likeness (QED) is 0.154. The van der Waals surface area contributed by atoms with Crippen molar-refractivity contribution < 1.29 is 28.4 Å². The minimum Gasteiger partial charge on any atom is -0.497 e. The van der Waals surface area contributed by atoms with E-state index < -0.39 is 5.60 Å². The third kappa shape index (κ3) is 5.02. The molecule has 0 aromatic heterocycles. The predicted octanol–water partition coefficient (Wildman–Crippen LogP) is 12.0. The van der Waals surface area contributed by atoms with Gasteiger partial charge in [-0.25, -0.2) is 0 Å². The molecule has 0 bridgehead atoms. The van der Waals surface area contributed by atoms with Gasteiger partial charge in [0.2, 0.25) is 0 Å². The fourth-order valence-electron chi connectivity index (χ4n) is 10.9. The van der Waals surface area contributed by atoms with Crippen LogP contribution in [-0.4, -0.2) is 35.5 Å². The lowest BCUT2D eigenvalue weighted by Gasteiger charge is -2.50. The van der Waals surface area contributed by atoms with Gasteiger partial charge in [0.15, 0.2) is 5.60 Å². The lowest BCUT2D eigenvalue weighted by molar-refractivity contribution is 0.144. The highest BCUT2D eigenvalue weighted by atomic mass is 16.5. The van der Waals surface area contributed by atoms with Crippen molar-refractivity contribution in [2.75, 3.05) is 35.5 Å². The molecule has 57 heavy (non-hydrogen) atoms. The Morgan fingerprint density at radius 1 is 0.526 bits per heavy atom. The molecule has 1 spiro atoms. The normalized spacial score (nSPS) is 17.4. The first kappa shape index (κ1) is 36.7. The number of hydrogen-bond donors (Lipinski definition) is 0. The van der Waals surface area contributed by atoms with E-state index in [1.807, 2.05) is 42.5 Å². The van der Waals surface area contributed by atoms with Crippen LogP contribution >= 0.6 is 0 Å². The van der Waals surface area contributed by atoms with Gasteiger partial charge in [0, 0.05) is 44.7 Å². The zero-order valence-corrected chi connectivity index (χ0v) is 34.3. The van der Waals surface area contributed by atoms with Crippen molar-refractivity contribution in [2.24, 2.45) is 10.8 Å². The largest absolute Gasteiger partial charge is 0.497 e. The van der Waals surface area contributed by atoms with E-state index in [2.05, 4.69) is 101 Å². The molecule has 1 aliphatic heterocycles. The van der Waals surface area contributed by atoms with Crippen molar-refractivity contribution in [1.82, 2.24) is 0 Å². The lowest BCUT2D eigenvalue weighted by Crippen LogP contribution is -2.47. The molecule has 290 valence electrons. The smallest absolute Gasteiger partial charge is 0.178 e. The molecule has 6 aromatic rings. The first-order chi connectivity index (χ1) is 27.5. The van der Waals surface area contributed by atoms with E-state index in [9.17, 15) is 0 Å². The Balaban J connectivity index is 1.44. The molecular formula is C51H50O6. The van der Waals surface area contributed by atoms with Gasteiger partial charge in [0.1, 0.15) is 34.5 Å². The first-order valence-electron chi connectivity index (χ1n) is 19.7.